The van der Waals surface area contributed by atoms with Crippen LogP contribution in [-0.2, 0) is 6.42 Å². The van der Waals surface area contributed by atoms with Crippen LogP contribution in [0.4, 0.5) is 0 Å². The number of thioether (sulfide) groups is 1. The second-order valence-corrected chi connectivity index (χ2v) is 6.50. The number of rotatable bonds is 7. The van der Waals surface area contributed by atoms with Crippen molar-refractivity contribution in [3.63, 3.8) is 0 Å². The number of ether oxygens (including phenoxy) is 1. The fraction of sp³-hybridized carbons (Fsp3) is 0.250. The van der Waals surface area contributed by atoms with Crippen molar-refractivity contribution < 1.29 is 9.15 Å². The number of aromatic nitrogens is 2. The molecule has 0 bridgehead atoms. The van der Waals surface area contributed by atoms with Gasteiger partial charge in [-0.3, -0.25) is 0 Å². The summed E-state index contributed by atoms with van der Waals surface area (Å²) in [5, 5.41) is 10.7. The molecule has 0 atom stereocenters. The van der Waals surface area contributed by atoms with Crippen molar-refractivity contribution >= 4 is 23.1 Å². The van der Waals surface area contributed by atoms with E-state index < -0.39 is 0 Å². The third-order valence-corrected chi connectivity index (χ3v) is 4.70. The third-order valence-electron chi connectivity index (χ3n) is 3.06. The van der Waals surface area contributed by atoms with Crippen LogP contribution in [0.3, 0.4) is 0 Å². The van der Waals surface area contributed by atoms with Crippen LogP contribution in [-0.4, -0.2) is 22.6 Å². The zero-order valence-electron chi connectivity index (χ0n) is 12.2. The van der Waals surface area contributed by atoms with Gasteiger partial charge in [0.05, 0.1) is 11.5 Å². The molecule has 1 aromatic carbocycles. The Morgan fingerprint density at radius 2 is 2.09 bits per heavy atom. The highest BCUT2D eigenvalue weighted by Gasteiger charge is 2.09. The van der Waals surface area contributed by atoms with E-state index in [0.29, 0.717) is 17.7 Å². The Hall–Kier alpha value is -1.79. The van der Waals surface area contributed by atoms with Crippen molar-refractivity contribution in [3.05, 3.63) is 47.3 Å². The van der Waals surface area contributed by atoms with Gasteiger partial charge in [0.1, 0.15) is 5.75 Å². The molecule has 22 heavy (non-hydrogen) atoms. The van der Waals surface area contributed by atoms with Crippen molar-refractivity contribution in [2.75, 3.05) is 12.4 Å². The first kappa shape index (κ1) is 15.1. The molecule has 0 aliphatic rings. The minimum absolute atomic E-state index is 0.578. The number of hydrogen-bond acceptors (Lipinski definition) is 6. The first-order valence-electron chi connectivity index (χ1n) is 7.07. The summed E-state index contributed by atoms with van der Waals surface area (Å²) in [5.74, 6) is 2.30. The summed E-state index contributed by atoms with van der Waals surface area (Å²) in [5.41, 5.74) is 1.23. The maximum Gasteiger partial charge on any atom is 0.277 e. The molecule has 0 amide bonds. The first-order chi connectivity index (χ1) is 10.9. The van der Waals surface area contributed by atoms with E-state index in [9.17, 15) is 0 Å². The van der Waals surface area contributed by atoms with Gasteiger partial charge in [-0.05, 0) is 29.5 Å². The molecule has 0 saturated carbocycles. The number of nitrogens with zero attached hydrogens (tertiary/aromatic N) is 2. The Kier molecular flexibility index (Phi) is 5.13. The van der Waals surface area contributed by atoms with Crippen molar-refractivity contribution in [1.82, 2.24) is 10.2 Å². The highest BCUT2D eigenvalue weighted by molar-refractivity contribution is 7.99. The molecular weight excluding hydrogens is 316 g/mol. The number of hydrogen-bond donors (Lipinski definition) is 0. The molecular formula is C16H16N2O2S2. The number of aryl methyl sites for hydroxylation is 1. The average Bonchev–Trinajstić information content (AvgIpc) is 3.23. The van der Waals surface area contributed by atoms with Gasteiger partial charge in [0.2, 0.25) is 0 Å². The Labute approximate surface area is 137 Å². The van der Waals surface area contributed by atoms with E-state index in [1.807, 2.05) is 35.7 Å². The van der Waals surface area contributed by atoms with E-state index in [-0.39, 0.29) is 0 Å². The highest BCUT2D eigenvalue weighted by atomic mass is 32.2. The molecule has 0 N–H and O–H groups in total. The lowest BCUT2D eigenvalue weighted by Crippen LogP contribution is -2.02. The lowest BCUT2D eigenvalue weighted by atomic mass is 10.1. The number of thiophene rings is 1. The van der Waals surface area contributed by atoms with E-state index in [1.54, 1.807) is 11.3 Å². The standard InChI is InChI=1S/C16H16N2O2S2/c1-2-12-6-3-4-7-13(12)19-9-11-22-16-18-17-15(20-16)14-8-5-10-21-14/h3-8,10H,2,9,11H2,1H3. The van der Waals surface area contributed by atoms with Gasteiger partial charge in [-0.25, -0.2) is 0 Å². The molecule has 6 heteroatoms. The number of benzene rings is 1. The fourth-order valence-corrected chi connectivity index (χ4v) is 3.21. The van der Waals surface area contributed by atoms with E-state index in [4.69, 9.17) is 9.15 Å². The second-order valence-electron chi connectivity index (χ2n) is 4.51. The minimum atomic E-state index is 0.578. The van der Waals surface area contributed by atoms with Crippen LogP contribution < -0.4 is 4.74 Å². The smallest absolute Gasteiger partial charge is 0.277 e. The zero-order chi connectivity index (χ0) is 15.2. The van der Waals surface area contributed by atoms with Crippen LogP contribution in [0.5, 0.6) is 5.75 Å². The summed E-state index contributed by atoms with van der Waals surface area (Å²) in [4.78, 5) is 0.993. The van der Waals surface area contributed by atoms with Gasteiger partial charge < -0.3 is 9.15 Å². The van der Waals surface area contributed by atoms with Crippen LogP contribution in [0.25, 0.3) is 10.8 Å². The fourth-order valence-electron chi connectivity index (χ4n) is 1.99. The average molecular weight is 332 g/mol. The largest absolute Gasteiger partial charge is 0.492 e. The number of para-hydroxylation sites is 1. The molecule has 2 aromatic heterocycles. The molecule has 0 radical (unpaired) electrons. The molecule has 4 nitrogen and oxygen atoms in total. The van der Waals surface area contributed by atoms with Crippen LogP contribution >= 0.6 is 23.1 Å². The maximum absolute atomic E-state index is 5.82. The van der Waals surface area contributed by atoms with Gasteiger partial charge in [0.25, 0.3) is 11.1 Å². The van der Waals surface area contributed by atoms with Gasteiger partial charge in [0.15, 0.2) is 0 Å². The van der Waals surface area contributed by atoms with Crippen LogP contribution in [0.15, 0.2) is 51.4 Å². The lowest BCUT2D eigenvalue weighted by Gasteiger charge is -2.09. The quantitative estimate of drug-likeness (QED) is 0.470. The Balaban J connectivity index is 1.49. The minimum Gasteiger partial charge on any atom is -0.492 e. The SMILES string of the molecule is CCc1ccccc1OCCSc1nnc(-c2cccs2)o1. The Morgan fingerprint density at radius 3 is 2.91 bits per heavy atom. The molecule has 0 saturated heterocycles. The van der Waals surface area contributed by atoms with Crippen LogP contribution in [0, 0.1) is 0 Å². The summed E-state index contributed by atoms with van der Waals surface area (Å²) >= 11 is 3.10. The van der Waals surface area contributed by atoms with Crippen molar-refractivity contribution in [2.24, 2.45) is 0 Å². The maximum atomic E-state index is 5.82. The molecule has 3 aromatic rings. The van der Waals surface area contributed by atoms with Gasteiger partial charge in [-0.2, -0.15) is 0 Å². The molecule has 114 valence electrons. The Bertz CT molecular complexity index is 711. The van der Waals surface area contributed by atoms with Crippen molar-refractivity contribution in [1.29, 1.82) is 0 Å². The molecule has 0 aliphatic heterocycles. The summed E-state index contributed by atoms with van der Waals surface area (Å²) in [7, 11) is 0. The van der Waals surface area contributed by atoms with Gasteiger partial charge >= 0.3 is 0 Å². The third kappa shape index (κ3) is 3.69. The van der Waals surface area contributed by atoms with E-state index in [0.717, 1.165) is 22.8 Å². The zero-order valence-corrected chi connectivity index (χ0v) is 13.8. The van der Waals surface area contributed by atoms with Gasteiger partial charge in [-0.1, -0.05) is 43.0 Å². The molecule has 0 fully saturated rings. The molecule has 0 unspecified atom stereocenters. The normalized spacial score (nSPS) is 10.8. The topological polar surface area (TPSA) is 48.2 Å². The van der Waals surface area contributed by atoms with E-state index >= 15 is 0 Å². The lowest BCUT2D eigenvalue weighted by molar-refractivity contribution is 0.339. The molecule has 3 rings (SSSR count). The van der Waals surface area contributed by atoms with Gasteiger partial charge in [-0.15, -0.1) is 21.5 Å². The predicted molar refractivity (Wildman–Crippen MR) is 89.7 cm³/mol. The molecule has 0 aliphatic carbocycles. The Morgan fingerprint density at radius 1 is 1.18 bits per heavy atom. The summed E-state index contributed by atoms with van der Waals surface area (Å²) in [6, 6.07) is 12.1. The van der Waals surface area contributed by atoms with Crippen molar-refractivity contribution in [3.8, 4) is 16.5 Å². The van der Waals surface area contributed by atoms with E-state index in [2.05, 4.69) is 23.2 Å². The van der Waals surface area contributed by atoms with Crippen molar-refractivity contribution in [2.45, 2.75) is 18.6 Å². The first-order valence-corrected chi connectivity index (χ1v) is 8.94. The molecule has 0 spiro atoms. The summed E-state index contributed by atoms with van der Waals surface area (Å²) < 4.78 is 11.4. The van der Waals surface area contributed by atoms with E-state index in [1.165, 1.54) is 17.3 Å². The summed E-state index contributed by atoms with van der Waals surface area (Å²) in [6.45, 7) is 2.74. The monoisotopic (exact) mass is 332 g/mol. The predicted octanol–water partition coefficient (Wildman–Crippen LogP) is 4.53. The molecule has 2 heterocycles. The summed E-state index contributed by atoms with van der Waals surface area (Å²) in [6.07, 6.45) is 0.969. The second kappa shape index (κ2) is 7.47. The van der Waals surface area contributed by atoms with Gasteiger partial charge in [0, 0.05) is 5.75 Å². The van der Waals surface area contributed by atoms with Crippen LogP contribution in [0.2, 0.25) is 0 Å². The highest BCUT2D eigenvalue weighted by Crippen LogP contribution is 2.26. The van der Waals surface area contributed by atoms with Crippen LogP contribution in [0.1, 0.15) is 12.5 Å².